The summed E-state index contributed by atoms with van der Waals surface area (Å²) in [5.41, 5.74) is 0.491. The van der Waals surface area contributed by atoms with Gasteiger partial charge >= 0.3 is 0 Å². The number of nitrogens with one attached hydrogen (secondary N) is 1. The number of sulfonamides is 1. The molecule has 0 bridgehead atoms. The molecule has 1 aliphatic heterocycles. The van der Waals surface area contributed by atoms with Gasteiger partial charge in [0.1, 0.15) is 0 Å². The van der Waals surface area contributed by atoms with Crippen LogP contribution in [-0.4, -0.2) is 63.9 Å². The molecule has 1 N–H and O–H groups in total. The van der Waals surface area contributed by atoms with Gasteiger partial charge in [-0.3, -0.25) is 4.79 Å². The summed E-state index contributed by atoms with van der Waals surface area (Å²) in [6.45, 7) is 1.35. The first-order valence-corrected chi connectivity index (χ1v) is 9.32. The van der Waals surface area contributed by atoms with E-state index in [1.807, 2.05) is 19.0 Å². The van der Waals surface area contributed by atoms with Gasteiger partial charge in [0.05, 0.1) is 11.4 Å². The Morgan fingerprint density at radius 2 is 2.04 bits per heavy atom. The number of hydrogen-bond acceptors (Lipinski definition) is 4. The first-order chi connectivity index (χ1) is 11.3. The molecule has 1 aromatic carbocycles. The summed E-state index contributed by atoms with van der Waals surface area (Å²) in [5, 5.41) is 0. The van der Waals surface area contributed by atoms with Crippen molar-refractivity contribution in [3.05, 3.63) is 29.8 Å². The predicted molar refractivity (Wildman–Crippen MR) is 93.1 cm³/mol. The van der Waals surface area contributed by atoms with Gasteiger partial charge in [0, 0.05) is 24.7 Å². The molecular weight excluding hydrogens is 326 g/mol. The van der Waals surface area contributed by atoms with E-state index in [4.69, 9.17) is 6.42 Å². The molecule has 0 unspecified atom stereocenters. The van der Waals surface area contributed by atoms with E-state index in [9.17, 15) is 13.2 Å². The van der Waals surface area contributed by atoms with E-state index in [0.717, 1.165) is 19.4 Å². The van der Waals surface area contributed by atoms with Crippen molar-refractivity contribution in [2.75, 3.05) is 33.7 Å². The third-order valence-corrected chi connectivity index (χ3v) is 5.61. The van der Waals surface area contributed by atoms with E-state index in [1.54, 1.807) is 12.1 Å². The summed E-state index contributed by atoms with van der Waals surface area (Å²) in [6.07, 6.45) is 7.11. The van der Waals surface area contributed by atoms with Crippen molar-refractivity contribution in [1.82, 2.24) is 14.5 Å². The topological polar surface area (TPSA) is 69.7 Å². The van der Waals surface area contributed by atoms with Gasteiger partial charge in [0.2, 0.25) is 10.0 Å². The Bertz CT molecular complexity index is 720. The van der Waals surface area contributed by atoms with Crippen molar-refractivity contribution < 1.29 is 13.2 Å². The van der Waals surface area contributed by atoms with Crippen LogP contribution in [0.25, 0.3) is 0 Å². The highest BCUT2D eigenvalue weighted by molar-refractivity contribution is 7.89. The van der Waals surface area contributed by atoms with Gasteiger partial charge < -0.3 is 9.80 Å². The molecule has 0 saturated carbocycles. The van der Waals surface area contributed by atoms with Gasteiger partial charge in [0.15, 0.2) is 0 Å². The van der Waals surface area contributed by atoms with Gasteiger partial charge in [-0.05, 0) is 51.2 Å². The molecule has 1 heterocycles. The third-order valence-electron chi connectivity index (χ3n) is 4.19. The lowest BCUT2D eigenvalue weighted by Gasteiger charge is -2.36. The summed E-state index contributed by atoms with van der Waals surface area (Å²) >= 11 is 0. The van der Waals surface area contributed by atoms with Crippen LogP contribution in [0.4, 0.5) is 0 Å². The van der Waals surface area contributed by atoms with Crippen LogP contribution in [0, 0.1) is 12.3 Å². The second-order valence-corrected chi connectivity index (χ2v) is 7.83. The molecule has 1 aromatic rings. The van der Waals surface area contributed by atoms with Crippen molar-refractivity contribution in [3.8, 4) is 12.3 Å². The number of carbonyl (C=O) groups is 1. The van der Waals surface area contributed by atoms with Crippen molar-refractivity contribution in [2.24, 2.45) is 0 Å². The van der Waals surface area contributed by atoms with Gasteiger partial charge in [0.25, 0.3) is 5.91 Å². The average Bonchev–Trinajstić information content (AvgIpc) is 2.59. The van der Waals surface area contributed by atoms with Gasteiger partial charge in [-0.25, -0.2) is 8.42 Å². The van der Waals surface area contributed by atoms with Crippen molar-refractivity contribution in [1.29, 1.82) is 0 Å². The summed E-state index contributed by atoms with van der Waals surface area (Å²) in [4.78, 5) is 16.7. The highest BCUT2D eigenvalue weighted by Gasteiger charge is 2.25. The van der Waals surface area contributed by atoms with Crippen LogP contribution in [0.2, 0.25) is 0 Å². The number of amides is 1. The maximum absolute atomic E-state index is 12.6. The fourth-order valence-corrected chi connectivity index (χ4v) is 3.67. The number of nitrogens with zero attached hydrogens (tertiary/aromatic N) is 2. The molecule has 1 fully saturated rings. The Kier molecular flexibility index (Phi) is 5.99. The quantitative estimate of drug-likeness (QED) is 0.797. The van der Waals surface area contributed by atoms with Crippen LogP contribution >= 0.6 is 0 Å². The summed E-state index contributed by atoms with van der Waals surface area (Å²) in [7, 11) is 0.397. The highest BCUT2D eigenvalue weighted by Crippen LogP contribution is 2.18. The second-order valence-electron chi connectivity index (χ2n) is 6.06. The maximum atomic E-state index is 12.6. The lowest BCUT2D eigenvalue weighted by Crippen LogP contribution is -2.47. The molecule has 7 heteroatoms. The van der Waals surface area contributed by atoms with Crippen molar-refractivity contribution in [2.45, 2.75) is 23.8 Å². The van der Waals surface area contributed by atoms with Crippen LogP contribution in [0.15, 0.2) is 29.2 Å². The summed E-state index contributed by atoms with van der Waals surface area (Å²) in [5.74, 6) is 2.16. The Hall–Kier alpha value is -1.88. The number of rotatable bonds is 5. The second kappa shape index (κ2) is 7.79. The minimum atomic E-state index is -3.63. The normalized spacial score (nSPS) is 18.4. The van der Waals surface area contributed by atoms with E-state index in [-0.39, 0.29) is 17.3 Å². The average molecular weight is 349 g/mol. The Labute approximate surface area is 143 Å². The van der Waals surface area contributed by atoms with Crippen LogP contribution < -0.4 is 4.72 Å². The van der Waals surface area contributed by atoms with E-state index >= 15 is 0 Å². The number of carbonyl (C=O) groups excluding carboxylic acids is 1. The van der Waals surface area contributed by atoms with Crippen LogP contribution in [0.3, 0.4) is 0 Å². The smallest absolute Gasteiger partial charge is 0.253 e. The Morgan fingerprint density at radius 1 is 1.38 bits per heavy atom. The van der Waals surface area contributed by atoms with E-state index < -0.39 is 10.0 Å². The predicted octanol–water partition coefficient (Wildman–Crippen LogP) is 0.764. The minimum absolute atomic E-state index is 0.0667. The molecule has 0 aliphatic carbocycles. The highest BCUT2D eigenvalue weighted by atomic mass is 32.2. The number of terminal acetylenes is 1. The van der Waals surface area contributed by atoms with Crippen molar-refractivity contribution in [3.63, 3.8) is 0 Å². The van der Waals surface area contributed by atoms with Crippen LogP contribution in [0.1, 0.15) is 23.2 Å². The monoisotopic (exact) mass is 349 g/mol. The molecule has 1 atom stereocenters. The zero-order valence-electron chi connectivity index (χ0n) is 14.0. The van der Waals surface area contributed by atoms with E-state index in [1.165, 1.54) is 12.1 Å². The number of likely N-dealkylation sites (tertiary alicyclic amines) is 1. The molecule has 1 saturated heterocycles. The van der Waals surface area contributed by atoms with Gasteiger partial charge in [-0.2, -0.15) is 4.72 Å². The lowest BCUT2D eigenvalue weighted by molar-refractivity contribution is 0.0635. The molecule has 24 heavy (non-hydrogen) atoms. The Balaban J connectivity index is 2.10. The molecular formula is C17H23N3O3S. The molecule has 1 amide bonds. The fraction of sp³-hybridized carbons (Fsp3) is 0.471. The Morgan fingerprint density at radius 3 is 2.62 bits per heavy atom. The number of hydrogen-bond donors (Lipinski definition) is 1. The van der Waals surface area contributed by atoms with Gasteiger partial charge in [-0.15, -0.1) is 6.42 Å². The van der Waals surface area contributed by atoms with Crippen molar-refractivity contribution >= 4 is 15.9 Å². The standard InChI is InChI=1S/C17H23N3O3S/c1-4-11-18-24(22,23)16-9-7-14(8-10-16)17(21)20-12-5-6-15(13-20)19(2)3/h1,7-10,15,18H,5-6,11-13H2,2-3H3/t15-/m0/s1. The molecule has 0 aromatic heterocycles. The number of benzene rings is 1. The molecule has 130 valence electrons. The molecule has 6 nitrogen and oxygen atoms in total. The molecule has 1 aliphatic rings. The minimum Gasteiger partial charge on any atom is -0.337 e. The summed E-state index contributed by atoms with van der Waals surface area (Å²) in [6, 6.07) is 6.31. The third kappa shape index (κ3) is 4.35. The zero-order chi connectivity index (χ0) is 17.7. The van der Waals surface area contributed by atoms with E-state index in [2.05, 4.69) is 15.5 Å². The van der Waals surface area contributed by atoms with Gasteiger partial charge in [-0.1, -0.05) is 5.92 Å². The number of piperidine rings is 1. The molecule has 0 radical (unpaired) electrons. The largest absolute Gasteiger partial charge is 0.337 e. The SMILES string of the molecule is C#CCNS(=O)(=O)c1ccc(C(=O)N2CCC[C@H](N(C)C)C2)cc1. The van der Waals surface area contributed by atoms with E-state index in [0.29, 0.717) is 18.2 Å². The van der Waals surface area contributed by atoms with Crippen LogP contribution in [-0.2, 0) is 10.0 Å². The number of likely N-dealkylation sites (N-methyl/N-ethyl adjacent to an activating group) is 1. The molecule has 2 rings (SSSR count). The summed E-state index contributed by atoms with van der Waals surface area (Å²) < 4.78 is 26.3. The maximum Gasteiger partial charge on any atom is 0.253 e. The lowest BCUT2D eigenvalue weighted by atomic mass is 10.0. The van der Waals surface area contributed by atoms with Crippen LogP contribution in [0.5, 0.6) is 0 Å². The first-order valence-electron chi connectivity index (χ1n) is 7.84. The first kappa shape index (κ1) is 18.5. The zero-order valence-corrected chi connectivity index (χ0v) is 14.8. The fourth-order valence-electron chi connectivity index (χ4n) is 2.74. The molecule has 0 spiro atoms.